The summed E-state index contributed by atoms with van der Waals surface area (Å²) in [5.41, 5.74) is -1.43. The second kappa shape index (κ2) is 10.6. The highest BCUT2D eigenvalue weighted by atomic mass is 16.3. The van der Waals surface area contributed by atoms with Crippen LogP contribution < -0.4 is 0 Å². The van der Waals surface area contributed by atoms with Crippen molar-refractivity contribution < 1.29 is 40.2 Å². The number of hydrogen-bond donors (Lipinski definition) is 6. The third kappa shape index (κ3) is 5.02. The third-order valence-corrected chi connectivity index (χ3v) is 4.34. The average Bonchev–Trinajstić information content (AvgIpc) is 2.70. The molecule has 0 aliphatic heterocycles. The number of aromatic hydroxyl groups is 6. The molecule has 0 atom stereocenters. The Labute approximate surface area is 182 Å². The van der Waals surface area contributed by atoms with E-state index in [1.807, 2.05) is 13.8 Å². The number of benzene rings is 2. The highest BCUT2D eigenvalue weighted by molar-refractivity contribution is 6.12. The van der Waals surface area contributed by atoms with Crippen LogP contribution in [-0.2, 0) is 0 Å². The zero-order chi connectivity index (χ0) is 23.5. The summed E-state index contributed by atoms with van der Waals surface area (Å²) >= 11 is 0. The first-order valence-corrected chi connectivity index (χ1v) is 9.54. The van der Waals surface area contributed by atoms with Crippen molar-refractivity contribution in [1.82, 2.24) is 0 Å². The number of phenolic OH excluding ortho intramolecular Hbond substituents is 6. The minimum absolute atomic E-state index is 0. The van der Waals surface area contributed by atoms with Crippen molar-refractivity contribution in [3.63, 3.8) is 0 Å². The van der Waals surface area contributed by atoms with Gasteiger partial charge in [0.25, 0.3) is 0 Å². The molecule has 0 aliphatic carbocycles. The average molecular weight is 437 g/mol. The van der Waals surface area contributed by atoms with E-state index in [1.54, 1.807) is 27.7 Å². The summed E-state index contributed by atoms with van der Waals surface area (Å²) in [6, 6.07) is 1.80. The maximum absolute atomic E-state index is 12.7. The van der Waals surface area contributed by atoms with Gasteiger partial charge in [-0.1, -0.05) is 49.0 Å². The Morgan fingerprint density at radius 3 is 1.10 bits per heavy atom. The zero-order valence-corrected chi connectivity index (χ0v) is 17.8. The molecule has 0 heterocycles. The smallest absolute Gasteiger partial charge is 0.200 e. The Bertz CT molecular complexity index is 895. The SMILES string of the molecule is C.CC.CC(C)C(=O)c1cc(O)c(O)c(O)c1-c1c(C(=O)C(C)C)cc(O)c(O)c1O. The minimum atomic E-state index is -0.967. The lowest BCUT2D eigenvalue weighted by molar-refractivity contribution is 0.0930. The van der Waals surface area contributed by atoms with Crippen molar-refractivity contribution in [2.75, 3.05) is 0 Å². The first kappa shape index (κ1) is 27.6. The van der Waals surface area contributed by atoms with Gasteiger partial charge in [0.1, 0.15) is 0 Å². The van der Waals surface area contributed by atoms with Gasteiger partial charge in [-0.2, -0.15) is 0 Å². The lowest BCUT2D eigenvalue weighted by Gasteiger charge is -2.20. The standard InChI is InChI=1S/C20H22O8.C2H6.CH4/c1-7(2)15(23)9-5-11(21)17(25)19(27)13(9)14-10(16(24)8(3)4)6-12(22)18(26)20(14)28;1-2;/h5-8,21-22,25-28H,1-4H3;1-2H3;1H4. The van der Waals surface area contributed by atoms with Crippen LogP contribution >= 0.6 is 0 Å². The van der Waals surface area contributed by atoms with Crippen molar-refractivity contribution in [2.24, 2.45) is 11.8 Å². The molecule has 2 aromatic rings. The van der Waals surface area contributed by atoms with Crippen LogP contribution in [0.3, 0.4) is 0 Å². The molecule has 0 radical (unpaired) electrons. The third-order valence-electron chi connectivity index (χ3n) is 4.34. The van der Waals surface area contributed by atoms with Crippen molar-refractivity contribution in [3.8, 4) is 45.6 Å². The fraction of sp³-hybridized carbons (Fsp3) is 0.391. The van der Waals surface area contributed by atoms with E-state index in [9.17, 15) is 40.2 Å². The molecular weight excluding hydrogens is 404 g/mol. The van der Waals surface area contributed by atoms with Crippen molar-refractivity contribution in [1.29, 1.82) is 0 Å². The van der Waals surface area contributed by atoms with Crippen LogP contribution in [0.25, 0.3) is 11.1 Å². The number of phenols is 6. The number of Topliss-reactive ketones (excluding diaryl/α,β-unsaturated/α-hetero) is 2. The largest absolute Gasteiger partial charge is 0.504 e. The molecule has 0 saturated carbocycles. The monoisotopic (exact) mass is 436 g/mol. The van der Waals surface area contributed by atoms with Gasteiger partial charge in [-0.15, -0.1) is 0 Å². The van der Waals surface area contributed by atoms with Gasteiger partial charge in [-0.3, -0.25) is 9.59 Å². The number of carbonyl (C=O) groups is 2. The number of carbonyl (C=O) groups excluding carboxylic acids is 2. The van der Waals surface area contributed by atoms with Crippen LogP contribution in [0.1, 0.15) is 69.7 Å². The van der Waals surface area contributed by atoms with Gasteiger partial charge < -0.3 is 30.6 Å². The van der Waals surface area contributed by atoms with E-state index >= 15 is 0 Å². The molecule has 0 unspecified atom stereocenters. The van der Waals surface area contributed by atoms with E-state index in [0.717, 1.165) is 12.1 Å². The lowest BCUT2D eigenvalue weighted by Crippen LogP contribution is -2.13. The fourth-order valence-corrected chi connectivity index (χ4v) is 2.81. The summed E-state index contributed by atoms with van der Waals surface area (Å²) in [7, 11) is 0. The Hall–Kier alpha value is -3.42. The fourth-order valence-electron chi connectivity index (χ4n) is 2.81. The summed E-state index contributed by atoms with van der Waals surface area (Å²) in [5, 5.41) is 60.5. The molecular formula is C23H32O8. The molecule has 8 heteroatoms. The number of ketones is 2. The normalized spacial score (nSPS) is 10.3. The summed E-state index contributed by atoms with van der Waals surface area (Å²) < 4.78 is 0. The number of hydrogen-bond acceptors (Lipinski definition) is 8. The molecule has 0 fully saturated rings. The van der Waals surface area contributed by atoms with Gasteiger partial charge in [-0.25, -0.2) is 0 Å². The predicted octanol–water partition coefficient (Wildman–Crippen LogP) is 4.93. The maximum atomic E-state index is 12.7. The molecule has 6 N–H and O–H groups in total. The quantitative estimate of drug-likeness (QED) is 0.285. The Balaban J connectivity index is 0.00000291. The van der Waals surface area contributed by atoms with Crippen LogP contribution in [-0.4, -0.2) is 42.2 Å². The van der Waals surface area contributed by atoms with E-state index in [1.165, 1.54) is 0 Å². The first-order chi connectivity index (χ1) is 13.9. The van der Waals surface area contributed by atoms with Crippen LogP contribution in [0.4, 0.5) is 0 Å². The van der Waals surface area contributed by atoms with Gasteiger partial charge in [0.05, 0.1) is 0 Å². The minimum Gasteiger partial charge on any atom is -0.504 e. The van der Waals surface area contributed by atoms with Gasteiger partial charge >= 0.3 is 0 Å². The molecule has 0 amide bonds. The van der Waals surface area contributed by atoms with Gasteiger partial charge in [0.2, 0.25) is 11.5 Å². The molecule has 0 aromatic heterocycles. The van der Waals surface area contributed by atoms with Crippen LogP contribution in [0.2, 0.25) is 0 Å². The van der Waals surface area contributed by atoms with Crippen LogP contribution in [0.5, 0.6) is 34.5 Å². The highest BCUT2D eigenvalue weighted by Gasteiger charge is 2.31. The molecule has 0 aliphatic rings. The van der Waals surface area contributed by atoms with Crippen LogP contribution in [0, 0.1) is 11.8 Å². The molecule has 2 rings (SSSR count). The lowest BCUT2D eigenvalue weighted by atomic mass is 9.85. The topological polar surface area (TPSA) is 156 Å². The van der Waals surface area contributed by atoms with E-state index < -0.39 is 69.0 Å². The first-order valence-electron chi connectivity index (χ1n) is 9.54. The molecule has 0 bridgehead atoms. The predicted molar refractivity (Wildman–Crippen MR) is 118 cm³/mol. The Morgan fingerprint density at radius 1 is 0.613 bits per heavy atom. The van der Waals surface area contributed by atoms with Gasteiger partial charge in [0, 0.05) is 34.1 Å². The van der Waals surface area contributed by atoms with Crippen LogP contribution in [0.15, 0.2) is 12.1 Å². The Morgan fingerprint density at radius 2 is 0.871 bits per heavy atom. The van der Waals surface area contributed by atoms with E-state index in [-0.39, 0.29) is 18.6 Å². The van der Waals surface area contributed by atoms with Crippen molar-refractivity contribution >= 4 is 11.6 Å². The van der Waals surface area contributed by atoms with E-state index in [0.29, 0.717) is 0 Å². The molecule has 8 nitrogen and oxygen atoms in total. The van der Waals surface area contributed by atoms with E-state index in [4.69, 9.17) is 0 Å². The van der Waals surface area contributed by atoms with Crippen molar-refractivity contribution in [2.45, 2.75) is 49.0 Å². The molecule has 0 spiro atoms. The van der Waals surface area contributed by atoms with Crippen molar-refractivity contribution in [3.05, 3.63) is 23.3 Å². The summed E-state index contributed by atoms with van der Waals surface area (Å²) in [6.45, 7) is 10.2. The Kier molecular flexibility index (Phi) is 9.40. The number of rotatable bonds is 5. The molecule has 2 aromatic carbocycles. The molecule has 31 heavy (non-hydrogen) atoms. The highest BCUT2D eigenvalue weighted by Crippen LogP contribution is 2.52. The summed E-state index contributed by atoms with van der Waals surface area (Å²) in [6.07, 6.45) is 0. The maximum Gasteiger partial charge on any atom is 0.200 e. The second-order valence-corrected chi connectivity index (χ2v) is 7.07. The molecule has 172 valence electrons. The summed E-state index contributed by atoms with van der Waals surface area (Å²) in [4.78, 5) is 25.3. The van der Waals surface area contributed by atoms with Gasteiger partial charge in [0.15, 0.2) is 34.6 Å². The summed E-state index contributed by atoms with van der Waals surface area (Å²) in [5.74, 6) is -7.71. The van der Waals surface area contributed by atoms with Gasteiger partial charge in [-0.05, 0) is 12.1 Å². The molecule has 0 saturated heterocycles. The van der Waals surface area contributed by atoms with E-state index in [2.05, 4.69) is 0 Å². The second-order valence-electron chi connectivity index (χ2n) is 7.07. The zero-order valence-electron chi connectivity index (χ0n) is 17.8.